The fourth-order valence-electron chi connectivity index (χ4n) is 2.02. The maximum Gasteiger partial charge on any atom is 0.328 e. The van der Waals surface area contributed by atoms with Crippen LogP contribution in [0.2, 0.25) is 0 Å². The average Bonchev–Trinajstić information content (AvgIpc) is 2.79. The van der Waals surface area contributed by atoms with Gasteiger partial charge in [0.25, 0.3) is 0 Å². The maximum absolute atomic E-state index is 13.3. The number of carboxylic acids is 1. The summed E-state index contributed by atoms with van der Waals surface area (Å²) in [7, 11) is 0. The lowest BCUT2D eigenvalue weighted by atomic mass is 10.1. The van der Waals surface area contributed by atoms with E-state index in [0.717, 1.165) is 6.08 Å². The molecule has 1 aromatic heterocycles. The van der Waals surface area contributed by atoms with E-state index in [2.05, 4.69) is 0 Å². The highest BCUT2D eigenvalue weighted by atomic mass is 19.1. The topological polar surface area (TPSA) is 64.2 Å². The minimum absolute atomic E-state index is 0.157. The number of rotatable bonds is 5. The summed E-state index contributed by atoms with van der Waals surface area (Å²) >= 11 is 0. The lowest BCUT2D eigenvalue weighted by Crippen LogP contribution is -2.24. The van der Waals surface area contributed by atoms with Crippen LogP contribution >= 0.6 is 0 Å². The minimum Gasteiger partial charge on any atom is -0.478 e. The van der Waals surface area contributed by atoms with Gasteiger partial charge in [-0.2, -0.15) is 0 Å². The Labute approximate surface area is 120 Å². The molecule has 0 amide bonds. The van der Waals surface area contributed by atoms with Gasteiger partial charge >= 0.3 is 11.7 Å². The Hall–Kier alpha value is -2.63. The molecule has 0 saturated carbocycles. The lowest BCUT2D eigenvalue weighted by Gasteiger charge is -2.07. The molecule has 21 heavy (non-hydrogen) atoms. The molecule has 0 fully saturated rings. The van der Waals surface area contributed by atoms with Crippen molar-refractivity contribution in [3.8, 4) is 0 Å². The molecule has 0 aliphatic rings. The number of carboxylic acid groups (broad SMARTS) is 1. The molecule has 110 valence electrons. The van der Waals surface area contributed by atoms with Crippen LogP contribution in [0.5, 0.6) is 0 Å². The van der Waals surface area contributed by atoms with E-state index < -0.39 is 11.8 Å². The molecule has 0 bridgehead atoms. The smallest absolute Gasteiger partial charge is 0.328 e. The van der Waals surface area contributed by atoms with Gasteiger partial charge in [0, 0.05) is 25.0 Å². The molecular weight excluding hydrogens is 275 g/mol. The summed E-state index contributed by atoms with van der Waals surface area (Å²) in [6.07, 6.45) is 5.60. The van der Waals surface area contributed by atoms with Crippen molar-refractivity contribution < 1.29 is 14.3 Å². The molecule has 0 spiro atoms. The zero-order chi connectivity index (χ0) is 15.4. The van der Waals surface area contributed by atoms with Crippen molar-refractivity contribution in [2.45, 2.75) is 20.0 Å². The second-order valence-corrected chi connectivity index (χ2v) is 4.51. The molecule has 6 heteroatoms. The first-order chi connectivity index (χ1) is 10.0. The van der Waals surface area contributed by atoms with E-state index in [1.165, 1.54) is 22.8 Å². The Morgan fingerprint density at radius 3 is 2.67 bits per heavy atom. The first kappa shape index (κ1) is 14.8. The first-order valence-corrected chi connectivity index (χ1v) is 6.46. The van der Waals surface area contributed by atoms with Crippen molar-refractivity contribution in [2.24, 2.45) is 0 Å². The van der Waals surface area contributed by atoms with Crippen LogP contribution in [-0.2, 0) is 17.9 Å². The van der Waals surface area contributed by atoms with Crippen LogP contribution in [-0.4, -0.2) is 20.2 Å². The van der Waals surface area contributed by atoms with Crippen LogP contribution in [0.3, 0.4) is 0 Å². The Morgan fingerprint density at radius 2 is 2.05 bits per heavy atom. The quantitative estimate of drug-likeness (QED) is 0.856. The number of benzene rings is 1. The highest BCUT2D eigenvalue weighted by Crippen LogP contribution is 2.14. The number of aromatic nitrogens is 2. The Morgan fingerprint density at radius 1 is 1.33 bits per heavy atom. The van der Waals surface area contributed by atoms with Crippen molar-refractivity contribution >= 4 is 12.0 Å². The van der Waals surface area contributed by atoms with Crippen LogP contribution in [0.1, 0.15) is 18.1 Å². The number of aryl methyl sites for hydroxylation is 1. The average molecular weight is 290 g/mol. The molecule has 5 nitrogen and oxygen atoms in total. The molecule has 1 heterocycles. The van der Waals surface area contributed by atoms with Gasteiger partial charge in [0.15, 0.2) is 0 Å². The number of carbonyl (C=O) groups is 1. The normalized spacial score (nSPS) is 11.1. The van der Waals surface area contributed by atoms with Crippen LogP contribution in [0.4, 0.5) is 4.39 Å². The summed E-state index contributed by atoms with van der Waals surface area (Å²) in [5.74, 6) is -1.57. The monoisotopic (exact) mass is 290 g/mol. The summed E-state index contributed by atoms with van der Waals surface area (Å²) in [4.78, 5) is 22.6. The van der Waals surface area contributed by atoms with E-state index in [-0.39, 0.29) is 12.2 Å². The summed E-state index contributed by atoms with van der Waals surface area (Å²) in [5, 5.41) is 8.66. The second kappa shape index (κ2) is 6.21. The third-order valence-electron chi connectivity index (χ3n) is 3.11. The van der Waals surface area contributed by atoms with Crippen LogP contribution in [0.25, 0.3) is 6.08 Å². The van der Waals surface area contributed by atoms with E-state index in [1.807, 2.05) is 6.92 Å². The van der Waals surface area contributed by atoms with Gasteiger partial charge in [-0.1, -0.05) is 6.07 Å². The highest BCUT2D eigenvalue weighted by Gasteiger charge is 2.07. The zero-order valence-electron chi connectivity index (χ0n) is 11.5. The van der Waals surface area contributed by atoms with Gasteiger partial charge < -0.3 is 5.11 Å². The molecule has 0 saturated heterocycles. The van der Waals surface area contributed by atoms with E-state index in [0.29, 0.717) is 17.7 Å². The standard InChI is InChI=1S/C15H15FN2O3/c1-2-17-7-8-18(15(17)21)10-12-3-5-13(16)9-11(12)4-6-14(19)20/h3-9H,2,10H2,1H3,(H,19,20)/b6-4+. The van der Waals surface area contributed by atoms with Gasteiger partial charge in [-0.25, -0.2) is 14.0 Å². The van der Waals surface area contributed by atoms with E-state index >= 15 is 0 Å². The van der Waals surface area contributed by atoms with Gasteiger partial charge in [0.2, 0.25) is 0 Å². The van der Waals surface area contributed by atoms with Crippen molar-refractivity contribution in [2.75, 3.05) is 0 Å². The van der Waals surface area contributed by atoms with E-state index in [9.17, 15) is 14.0 Å². The summed E-state index contributed by atoms with van der Waals surface area (Å²) in [6, 6.07) is 4.08. The number of aliphatic carboxylic acids is 1. The van der Waals surface area contributed by atoms with Crippen molar-refractivity contribution in [3.05, 3.63) is 64.1 Å². The highest BCUT2D eigenvalue weighted by molar-refractivity contribution is 5.85. The van der Waals surface area contributed by atoms with Crippen LogP contribution in [0, 0.1) is 5.82 Å². The molecular formula is C15H15FN2O3. The summed E-state index contributed by atoms with van der Waals surface area (Å²) in [5.41, 5.74) is 0.952. The van der Waals surface area contributed by atoms with Crippen molar-refractivity contribution in [1.82, 2.24) is 9.13 Å². The third kappa shape index (κ3) is 3.47. The molecule has 0 aliphatic carbocycles. The Balaban J connectivity index is 2.37. The Kier molecular flexibility index (Phi) is 4.37. The summed E-state index contributed by atoms with van der Waals surface area (Å²) in [6.45, 7) is 2.69. The number of nitrogens with zero attached hydrogens (tertiary/aromatic N) is 2. The number of hydrogen-bond acceptors (Lipinski definition) is 2. The van der Waals surface area contributed by atoms with Gasteiger partial charge in [-0.15, -0.1) is 0 Å². The molecule has 0 radical (unpaired) electrons. The molecule has 0 atom stereocenters. The second-order valence-electron chi connectivity index (χ2n) is 4.51. The molecule has 0 unspecified atom stereocenters. The fourth-order valence-corrected chi connectivity index (χ4v) is 2.02. The van der Waals surface area contributed by atoms with Gasteiger partial charge in [-0.05, 0) is 36.3 Å². The minimum atomic E-state index is -1.11. The summed E-state index contributed by atoms with van der Waals surface area (Å²) < 4.78 is 16.3. The SMILES string of the molecule is CCn1ccn(Cc2ccc(F)cc2/C=C/C(=O)O)c1=O. The van der Waals surface area contributed by atoms with Crippen molar-refractivity contribution in [1.29, 1.82) is 0 Å². The maximum atomic E-state index is 13.3. The van der Waals surface area contributed by atoms with Crippen LogP contribution in [0.15, 0.2) is 41.5 Å². The predicted octanol–water partition coefficient (Wildman–Crippen LogP) is 1.95. The molecule has 2 aromatic rings. The molecule has 1 N–H and O–H groups in total. The lowest BCUT2D eigenvalue weighted by molar-refractivity contribution is -0.131. The molecule has 1 aromatic carbocycles. The fraction of sp³-hybridized carbons (Fsp3) is 0.200. The number of halogens is 1. The predicted molar refractivity (Wildman–Crippen MR) is 76.5 cm³/mol. The van der Waals surface area contributed by atoms with Gasteiger partial charge in [-0.3, -0.25) is 9.13 Å². The van der Waals surface area contributed by atoms with Gasteiger partial charge in [0.05, 0.1) is 6.54 Å². The number of hydrogen-bond donors (Lipinski definition) is 1. The zero-order valence-corrected chi connectivity index (χ0v) is 11.5. The third-order valence-corrected chi connectivity index (χ3v) is 3.11. The largest absolute Gasteiger partial charge is 0.478 e. The van der Waals surface area contributed by atoms with Crippen molar-refractivity contribution in [3.63, 3.8) is 0 Å². The van der Waals surface area contributed by atoms with Crippen LogP contribution < -0.4 is 5.69 Å². The van der Waals surface area contributed by atoms with E-state index in [4.69, 9.17) is 5.11 Å². The number of imidazole rings is 1. The molecule has 0 aliphatic heterocycles. The molecule has 2 rings (SSSR count). The first-order valence-electron chi connectivity index (χ1n) is 6.46. The van der Waals surface area contributed by atoms with Gasteiger partial charge in [0.1, 0.15) is 5.82 Å². The van der Waals surface area contributed by atoms with E-state index in [1.54, 1.807) is 23.0 Å². The Bertz CT molecular complexity index is 744.